The standard InChI is InChI=1S/C13H20ClFN2O3S/c1-4-9(2)17(5-6-20-3)21(18,19)12-8-10(16)7-11(14)13(12)15/h7-9H,4-6,16H2,1-3H3. The summed E-state index contributed by atoms with van der Waals surface area (Å²) in [5.41, 5.74) is 5.67. The fraction of sp³-hybridized carbons (Fsp3) is 0.538. The van der Waals surface area contributed by atoms with Gasteiger partial charge in [-0.15, -0.1) is 0 Å². The highest BCUT2D eigenvalue weighted by Crippen LogP contribution is 2.29. The largest absolute Gasteiger partial charge is 0.399 e. The quantitative estimate of drug-likeness (QED) is 0.775. The van der Waals surface area contributed by atoms with Gasteiger partial charge in [-0.05, 0) is 25.5 Å². The van der Waals surface area contributed by atoms with E-state index in [0.29, 0.717) is 6.42 Å². The third-order valence-electron chi connectivity index (χ3n) is 3.20. The Kier molecular flexibility index (Phi) is 6.40. The molecule has 0 aliphatic rings. The average molecular weight is 339 g/mol. The average Bonchev–Trinajstić information content (AvgIpc) is 2.42. The zero-order valence-electron chi connectivity index (χ0n) is 12.3. The van der Waals surface area contributed by atoms with Crippen LogP contribution in [0, 0.1) is 5.82 Å². The van der Waals surface area contributed by atoms with Gasteiger partial charge in [0.1, 0.15) is 4.90 Å². The molecular formula is C13H20ClFN2O3S. The van der Waals surface area contributed by atoms with E-state index in [-0.39, 0.29) is 29.9 Å². The number of methoxy groups -OCH3 is 1. The number of nitrogens with zero attached hydrogens (tertiary/aromatic N) is 1. The number of hydrogen-bond donors (Lipinski definition) is 1. The van der Waals surface area contributed by atoms with Crippen LogP contribution in [0.5, 0.6) is 0 Å². The van der Waals surface area contributed by atoms with E-state index in [9.17, 15) is 12.8 Å². The van der Waals surface area contributed by atoms with Crippen molar-refractivity contribution in [2.24, 2.45) is 0 Å². The molecular weight excluding hydrogens is 319 g/mol. The molecule has 8 heteroatoms. The van der Waals surface area contributed by atoms with Crippen LogP contribution in [0.1, 0.15) is 20.3 Å². The molecule has 0 saturated carbocycles. The summed E-state index contributed by atoms with van der Waals surface area (Å²) in [5, 5.41) is -0.315. The molecule has 1 unspecified atom stereocenters. The fourth-order valence-corrected chi connectivity index (χ4v) is 3.96. The second kappa shape index (κ2) is 7.40. The third kappa shape index (κ3) is 4.06. The summed E-state index contributed by atoms with van der Waals surface area (Å²) < 4.78 is 45.6. The zero-order chi connectivity index (χ0) is 16.2. The van der Waals surface area contributed by atoms with E-state index in [0.717, 1.165) is 6.07 Å². The molecule has 0 radical (unpaired) electrons. The van der Waals surface area contributed by atoms with E-state index in [1.165, 1.54) is 17.5 Å². The summed E-state index contributed by atoms with van der Waals surface area (Å²) in [7, 11) is -2.57. The number of ether oxygens (including phenoxy) is 1. The van der Waals surface area contributed by atoms with E-state index >= 15 is 0 Å². The maximum Gasteiger partial charge on any atom is 0.246 e. The van der Waals surface area contributed by atoms with Crippen LogP contribution in [0.15, 0.2) is 17.0 Å². The van der Waals surface area contributed by atoms with Crippen molar-refractivity contribution >= 4 is 27.3 Å². The highest BCUT2D eigenvalue weighted by Gasteiger charge is 2.31. The molecule has 0 aliphatic carbocycles. The van der Waals surface area contributed by atoms with E-state index < -0.39 is 20.7 Å². The van der Waals surface area contributed by atoms with Gasteiger partial charge in [-0.25, -0.2) is 12.8 Å². The Morgan fingerprint density at radius 3 is 2.62 bits per heavy atom. The predicted octanol–water partition coefficient (Wildman–Crippen LogP) is 2.50. The number of nitrogen functional groups attached to an aromatic ring is 1. The number of benzene rings is 1. The number of rotatable bonds is 7. The van der Waals surface area contributed by atoms with Crippen LogP contribution in [-0.2, 0) is 14.8 Å². The molecule has 1 rings (SSSR count). The molecule has 1 aromatic carbocycles. The SMILES string of the molecule is CCC(C)N(CCOC)S(=O)(=O)c1cc(N)cc(Cl)c1F. The normalized spacial score (nSPS) is 13.6. The van der Waals surface area contributed by atoms with E-state index in [4.69, 9.17) is 22.1 Å². The van der Waals surface area contributed by atoms with Crippen molar-refractivity contribution in [3.05, 3.63) is 23.0 Å². The van der Waals surface area contributed by atoms with Crippen molar-refractivity contribution in [2.75, 3.05) is 26.0 Å². The Morgan fingerprint density at radius 2 is 2.10 bits per heavy atom. The molecule has 0 fully saturated rings. The minimum atomic E-state index is -4.05. The summed E-state index contributed by atoms with van der Waals surface area (Å²) in [6.45, 7) is 3.93. The molecule has 0 aliphatic heterocycles. The Hall–Kier alpha value is -0.890. The number of halogens is 2. The van der Waals surface area contributed by atoms with Gasteiger partial charge in [0.2, 0.25) is 10.0 Å². The van der Waals surface area contributed by atoms with Gasteiger partial charge in [0.15, 0.2) is 5.82 Å². The van der Waals surface area contributed by atoms with Gasteiger partial charge < -0.3 is 10.5 Å². The summed E-state index contributed by atoms with van der Waals surface area (Å²) in [6.07, 6.45) is 0.584. The molecule has 1 aromatic rings. The Labute approximate surface area is 129 Å². The lowest BCUT2D eigenvalue weighted by Crippen LogP contribution is -2.40. The Morgan fingerprint density at radius 1 is 1.48 bits per heavy atom. The molecule has 1 atom stereocenters. The number of nitrogens with two attached hydrogens (primary N) is 1. The van der Waals surface area contributed by atoms with E-state index in [2.05, 4.69) is 0 Å². The van der Waals surface area contributed by atoms with Crippen molar-refractivity contribution in [1.82, 2.24) is 4.31 Å². The minimum Gasteiger partial charge on any atom is -0.399 e. The van der Waals surface area contributed by atoms with Crippen LogP contribution >= 0.6 is 11.6 Å². The van der Waals surface area contributed by atoms with Crippen LogP contribution in [0.3, 0.4) is 0 Å². The van der Waals surface area contributed by atoms with Crippen molar-refractivity contribution in [2.45, 2.75) is 31.2 Å². The molecule has 0 spiro atoms. The number of sulfonamides is 1. The van der Waals surface area contributed by atoms with Crippen molar-refractivity contribution in [3.8, 4) is 0 Å². The van der Waals surface area contributed by atoms with Crippen LogP contribution < -0.4 is 5.73 Å². The third-order valence-corrected chi connectivity index (χ3v) is 5.49. The smallest absolute Gasteiger partial charge is 0.246 e. The molecule has 0 saturated heterocycles. The first-order chi connectivity index (χ1) is 9.75. The highest BCUT2D eigenvalue weighted by molar-refractivity contribution is 7.89. The maximum atomic E-state index is 14.1. The first kappa shape index (κ1) is 18.2. The van der Waals surface area contributed by atoms with Crippen LogP contribution in [0.2, 0.25) is 5.02 Å². The monoisotopic (exact) mass is 338 g/mol. The first-order valence-corrected chi connectivity index (χ1v) is 8.32. The van der Waals surface area contributed by atoms with Gasteiger partial charge in [-0.1, -0.05) is 18.5 Å². The van der Waals surface area contributed by atoms with Crippen LogP contribution in [-0.4, -0.2) is 39.0 Å². The van der Waals surface area contributed by atoms with Gasteiger partial charge in [0.05, 0.1) is 11.6 Å². The lowest BCUT2D eigenvalue weighted by Gasteiger charge is -2.27. The molecule has 0 heterocycles. The summed E-state index contributed by atoms with van der Waals surface area (Å²) in [6, 6.07) is 1.96. The number of hydrogen-bond acceptors (Lipinski definition) is 4. The lowest BCUT2D eigenvalue weighted by molar-refractivity contribution is 0.167. The molecule has 120 valence electrons. The van der Waals surface area contributed by atoms with Crippen LogP contribution in [0.4, 0.5) is 10.1 Å². The summed E-state index contributed by atoms with van der Waals surface area (Å²) in [4.78, 5) is -0.510. The Balaban J connectivity index is 3.35. The zero-order valence-corrected chi connectivity index (χ0v) is 13.8. The fourth-order valence-electron chi connectivity index (χ4n) is 1.86. The topological polar surface area (TPSA) is 72.6 Å². The van der Waals surface area contributed by atoms with Gasteiger partial charge in [0.25, 0.3) is 0 Å². The van der Waals surface area contributed by atoms with Crippen molar-refractivity contribution in [3.63, 3.8) is 0 Å². The molecule has 0 bridgehead atoms. The van der Waals surface area contributed by atoms with Gasteiger partial charge in [-0.3, -0.25) is 0 Å². The van der Waals surface area contributed by atoms with Crippen molar-refractivity contribution < 1.29 is 17.5 Å². The molecule has 5 nitrogen and oxygen atoms in total. The van der Waals surface area contributed by atoms with E-state index in [1.54, 1.807) is 6.92 Å². The van der Waals surface area contributed by atoms with Gasteiger partial charge in [-0.2, -0.15) is 4.31 Å². The minimum absolute atomic E-state index is 0.0934. The van der Waals surface area contributed by atoms with Crippen LogP contribution in [0.25, 0.3) is 0 Å². The highest BCUT2D eigenvalue weighted by atomic mass is 35.5. The second-order valence-corrected chi connectivity index (χ2v) is 6.95. The lowest BCUT2D eigenvalue weighted by atomic mass is 10.3. The molecule has 0 aromatic heterocycles. The Bertz CT molecular complexity index is 595. The first-order valence-electron chi connectivity index (χ1n) is 6.51. The summed E-state index contributed by atoms with van der Waals surface area (Å²) in [5.74, 6) is -0.989. The van der Waals surface area contributed by atoms with Gasteiger partial charge >= 0.3 is 0 Å². The van der Waals surface area contributed by atoms with E-state index in [1.807, 2.05) is 6.92 Å². The molecule has 21 heavy (non-hydrogen) atoms. The predicted molar refractivity (Wildman–Crippen MR) is 81.3 cm³/mol. The number of anilines is 1. The maximum absolute atomic E-state index is 14.1. The van der Waals surface area contributed by atoms with Crippen molar-refractivity contribution in [1.29, 1.82) is 0 Å². The molecule has 0 amide bonds. The second-order valence-electron chi connectivity index (χ2n) is 4.68. The molecule has 2 N–H and O–H groups in total. The van der Waals surface area contributed by atoms with Gasteiger partial charge in [0, 0.05) is 25.4 Å². The summed E-state index contributed by atoms with van der Waals surface area (Å²) >= 11 is 5.68.